The second-order valence-electron chi connectivity index (χ2n) is 5.28. The molecular formula is C11H20N2O3S2. The predicted octanol–water partition coefficient (Wildman–Crippen LogP) is 0.334. The van der Waals surface area contributed by atoms with Crippen LogP contribution in [0.15, 0.2) is 0 Å². The number of hydrogen-bond acceptors (Lipinski definition) is 4. The van der Waals surface area contributed by atoms with Crippen molar-refractivity contribution in [1.29, 1.82) is 0 Å². The number of nitrogens with zero attached hydrogens (tertiary/aromatic N) is 1. The summed E-state index contributed by atoms with van der Waals surface area (Å²) in [6.07, 6.45) is 2.74. The molecule has 7 heteroatoms. The summed E-state index contributed by atoms with van der Waals surface area (Å²) < 4.78 is 21.9. The molecule has 1 amide bonds. The molecule has 104 valence electrons. The summed E-state index contributed by atoms with van der Waals surface area (Å²) in [5.41, 5.74) is 5.60. The van der Waals surface area contributed by atoms with E-state index in [4.69, 9.17) is 18.0 Å². The molecule has 0 bridgehead atoms. The number of likely N-dealkylation sites (tertiary alicyclic amines) is 1. The Labute approximate surface area is 114 Å². The average molecular weight is 292 g/mol. The number of hydrogen-bond donors (Lipinski definition) is 1. The van der Waals surface area contributed by atoms with Gasteiger partial charge in [-0.2, -0.15) is 0 Å². The molecule has 0 spiro atoms. The SMILES string of the molecule is CC(C)(C(=O)N1CCCC(C(N)=S)C1)S(C)(=O)=O. The van der Waals surface area contributed by atoms with Gasteiger partial charge in [0.2, 0.25) is 5.91 Å². The molecule has 1 unspecified atom stereocenters. The van der Waals surface area contributed by atoms with Crippen LogP contribution in [-0.4, -0.2) is 48.3 Å². The second kappa shape index (κ2) is 5.13. The van der Waals surface area contributed by atoms with Crippen molar-refractivity contribution in [3.63, 3.8) is 0 Å². The van der Waals surface area contributed by atoms with Gasteiger partial charge in [0.25, 0.3) is 0 Å². The first-order valence-corrected chi connectivity index (χ1v) is 8.15. The van der Waals surface area contributed by atoms with Gasteiger partial charge in [0.1, 0.15) is 4.75 Å². The van der Waals surface area contributed by atoms with E-state index in [1.165, 1.54) is 13.8 Å². The maximum Gasteiger partial charge on any atom is 0.243 e. The lowest BCUT2D eigenvalue weighted by Crippen LogP contribution is -2.53. The van der Waals surface area contributed by atoms with Gasteiger partial charge in [0.15, 0.2) is 9.84 Å². The van der Waals surface area contributed by atoms with Crippen LogP contribution >= 0.6 is 12.2 Å². The molecule has 18 heavy (non-hydrogen) atoms. The molecule has 1 fully saturated rings. The number of nitrogens with two attached hydrogens (primary N) is 1. The number of carbonyl (C=O) groups is 1. The Hall–Kier alpha value is -0.690. The zero-order valence-corrected chi connectivity index (χ0v) is 12.6. The van der Waals surface area contributed by atoms with Gasteiger partial charge in [0, 0.05) is 25.3 Å². The number of carbonyl (C=O) groups excluding carboxylic acids is 1. The largest absolute Gasteiger partial charge is 0.393 e. The third-order valence-corrected chi connectivity index (χ3v) is 5.91. The van der Waals surface area contributed by atoms with Crippen molar-refractivity contribution >= 4 is 33.0 Å². The molecule has 0 aliphatic carbocycles. The zero-order chi connectivity index (χ0) is 14.1. The first-order chi connectivity index (χ1) is 8.07. The fraction of sp³-hybridized carbons (Fsp3) is 0.818. The van der Waals surface area contributed by atoms with Crippen molar-refractivity contribution in [3.8, 4) is 0 Å². The normalized spacial score (nSPS) is 21.7. The van der Waals surface area contributed by atoms with Crippen molar-refractivity contribution in [1.82, 2.24) is 4.90 Å². The molecule has 0 saturated carbocycles. The summed E-state index contributed by atoms with van der Waals surface area (Å²) in [5, 5.41) is 0. The van der Waals surface area contributed by atoms with E-state index in [1.807, 2.05) is 0 Å². The van der Waals surface area contributed by atoms with E-state index in [9.17, 15) is 13.2 Å². The molecule has 0 radical (unpaired) electrons. The molecule has 1 saturated heterocycles. The average Bonchev–Trinajstić information content (AvgIpc) is 2.26. The molecule has 0 aromatic heterocycles. The van der Waals surface area contributed by atoms with E-state index in [0.717, 1.165) is 19.1 Å². The van der Waals surface area contributed by atoms with Crippen LogP contribution in [0.5, 0.6) is 0 Å². The van der Waals surface area contributed by atoms with Gasteiger partial charge in [-0.3, -0.25) is 4.79 Å². The van der Waals surface area contributed by atoms with E-state index in [-0.39, 0.29) is 11.8 Å². The van der Waals surface area contributed by atoms with Crippen LogP contribution in [-0.2, 0) is 14.6 Å². The minimum absolute atomic E-state index is 0.00643. The van der Waals surface area contributed by atoms with Crippen molar-refractivity contribution in [2.45, 2.75) is 31.4 Å². The van der Waals surface area contributed by atoms with Crippen LogP contribution in [0.2, 0.25) is 0 Å². The first kappa shape index (κ1) is 15.4. The van der Waals surface area contributed by atoms with Gasteiger partial charge in [-0.25, -0.2) is 8.42 Å². The highest BCUT2D eigenvalue weighted by Gasteiger charge is 2.42. The summed E-state index contributed by atoms with van der Waals surface area (Å²) in [5.74, 6) is -0.376. The quantitative estimate of drug-likeness (QED) is 0.758. The van der Waals surface area contributed by atoms with Crippen LogP contribution in [0.1, 0.15) is 26.7 Å². The van der Waals surface area contributed by atoms with Gasteiger partial charge in [-0.1, -0.05) is 12.2 Å². The Morgan fingerprint density at radius 3 is 2.44 bits per heavy atom. The fourth-order valence-corrected chi connectivity index (χ4v) is 2.57. The molecule has 1 aliphatic heterocycles. The molecule has 2 N–H and O–H groups in total. The highest BCUT2D eigenvalue weighted by molar-refractivity contribution is 7.92. The first-order valence-electron chi connectivity index (χ1n) is 5.85. The molecule has 1 aliphatic rings. The van der Waals surface area contributed by atoms with Gasteiger partial charge in [-0.05, 0) is 26.7 Å². The minimum Gasteiger partial charge on any atom is -0.393 e. The van der Waals surface area contributed by atoms with Crippen LogP contribution in [0.25, 0.3) is 0 Å². The number of piperidine rings is 1. The topological polar surface area (TPSA) is 80.5 Å². The lowest BCUT2D eigenvalue weighted by Gasteiger charge is -2.36. The third-order valence-electron chi connectivity index (χ3n) is 3.55. The third kappa shape index (κ3) is 3.00. The standard InChI is InChI=1S/C11H20N2O3S2/c1-11(2,18(3,15)16)10(14)13-6-4-5-8(7-13)9(12)17/h8H,4-7H2,1-3H3,(H2,12,17). The van der Waals surface area contributed by atoms with Crippen LogP contribution < -0.4 is 5.73 Å². The predicted molar refractivity (Wildman–Crippen MR) is 75.0 cm³/mol. The lowest BCUT2D eigenvalue weighted by molar-refractivity contribution is -0.134. The zero-order valence-electron chi connectivity index (χ0n) is 11.0. The minimum atomic E-state index is -3.44. The van der Waals surface area contributed by atoms with Gasteiger partial charge < -0.3 is 10.6 Å². The highest BCUT2D eigenvalue weighted by atomic mass is 32.2. The Kier molecular flexibility index (Phi) is 4.38. The smallest absolute Gasteiger partial charge is 0.243 e. The Morgan fingerprint density at radius 1 is 1.44 bits per heavy atom. The molecule has 1 atom stereocenters. The Bertz CT molecular complexity index is 457. The summed E-state index contributed by atoms with van der Waals surface area (Å²) in [4.78, 5) is 14.3. The van der Waals surface area contributed by atoms with E-state index < -0.39 is 14.6 Å². The molecule has 1 rings (SSSR count). The van der Waals surface area contributed by atoms with Gasteiger partial charge >= 0.3 is 0 Å². The maximum absolute atomic E-state index is 12.3. The Balaban J connectivity index is 2.88. The second-order valence-corrected chi connectivity index (χ2v) is 8.31. The number of sulfone groups is 1. The molecule has 0 aromatic rings. The van der Waals surface area contributed by atoms with Gasteiger partial charge in [0.05, 0.1) is 4.99 Å². The van der Waals surface area contributed by atoms with Crippen molar-refractivity contribution in [2.24, 2.45) is 11.7 Å². The molecule has 1 heterocycles. The summed E-state index contributed by atoms with van der Waals surface area (Å²) in [6, 6.07) is 0. The summed E-state index contributed by atoms with van der Waals surface area (Å²) in [6.45, 7) is 3.87. The van der Waals surface area contributed by atoms with E-state index in [1.54, 1.807) is 4.90 Å². The van der Waals surface area contributed by atoms with Gasteiger partial charge in [-0.15, -0.1) is 0 Å². The Morgan fingerprint density at radius 2 is 2.00 bits per heavy atom. The van der Waals surface area contributed by atoms with Crippen LogP contribution in [0.3, 0.4) is 0 Å². The number of thiocarbonyl (C=S) groups is 1. The van der Waals surface area contributed by atoms with Crippen molar-refractivity contribution in [3.05, 3.63) is 0 Å². The van der Waals surface area contributed by atoms with Crippen LogP contribution in [0, 0.1) is 5.92 Å². The van der Waals surface area contributed by atoms with E-state index in [0.29, 0.717) is 18.1 Å². The van der Waals surface area contributed by atoms with Crippen molar-refractivity contribution < 1.29 is 13.2 Å². The molecular weight excluding hydrogens is 272 g/mol. The number of amides is 1. The number of rotatable bonds is 3. The lowest BCUT2D eigenvalue weighted by atomic mass is 9.97. The summed E-state index contributed by atoms with van der Waals surface area (Å²) >= 11 is 4.94. The monoisotopic (exact) mass is 292 g/mol. The highest BCUT2D eigenvalue weighted by Crippen LogP contribution is 2.23. The van der Waals surface area contributed by atoms with Crippen LogP contribution in [0.4, 0.5) is 0 Å². The molecule has 0 aromatic carbocycles. The van der Waals surface area contributed by atoms with Crippen molar-refractivity contribution in [2.75, 3.05) is 19.3 Å². The van der Waals surface area contributed by atoms with E-state index >= 15 is 0 Å². The van der Waals surface area contributed by atoms with E-state index in [2.05, 4.69) is 0 Å². The maximum atomic E-state index is 12.3. The molecule has 5 nitrogen and oxygen atoms in total. The summed E-state index contributed by atoms with van der Waals surface area (Å²) in [7, 11) is -3.44. The fourth-order valence-electron chi connectivity index (χ4n) is 1.93.